The summed E-state index contributed by atoms with van der Waals surface area (Å²) in [6, 6.07) is 9.88. The van der Waals surface area contributed by atoms with Crippen LogP contribution in [0.5, 0.6) is 0 Å². The summed E-state index contributed by atoms with van der Waals surface area (Å²) in [7, 11) is 3.57. The zero-order valence-corrected chi connectivity index (χ0v) is 39.2. The molecule has 6 rings (SSSR count). The van der Waals surface area contributed by atoms with Gasteiger partial charge in [-0.25, -0.2) is 9.59 Å². The van der Waals surface area contributed by atoms with E-state index in [9.17, 15) is 48.6 Å². The number of likely N-dealkylation sites (N-methyl/N-ethyl adjacent to an activating group) is 2. The van der Waals surface area contributed by atoms with Crippen molar-refractivity contribution in [2.24, 2.45) is 0 Å². The normalized spacial score (nSPS) is 15.4. The number of aromatic amines is 2. The van der Waals surface area contributed by atoms with E-state index >= 15 is 0 Å². The SMILES string of the molecule is CN1c2c(nc(N)[nH]c2=O)NCC1CNc1ccc(C(=O)N[C@@H](CCC(=O)[O-])C(=O)O)cc1.CN1c2c(nc(N)[nH]c2=O)NCC1CNc1ccc(C(=O)N[C@@H](CCC(=O)[O-])C(=O)O)cc1.[Zn+2]. The second-order valence-electron chi connectivity index (χ2n) is 15.1. The number of H-pyrrole nitrogens is 2. The summed E-state index contributed by atoms with van der Waals surface area (Å²) in [5.41, 5.74) is 13.1. The Hall–Kier alpha value is -7.96. The number of amides is 2. The molecule has 4 aromatic rings. The van der Waals surface area contributed by atoms with E-state index in [1.165, 1.54) is 24.3 Å². The number of carboxylic acids is 4. The van der Waals surface area contributed by atoms with Gasteiger partial charge in [-0.3, -0.25) is 29.1 Å². The Labute approximate surface area is 393 Å². The standard InChI is InChI=1S/2C20H25N7O6.Zn/c2*1-27-12(9-23-16-15(27)18(31)26-20(21)25-16)8-22-11-4-2-10(3-5-11)17(30)24-13(19(32)33)6-7-14(28)29;/h2*2-5,12-13,22H,6-9H2,1H3,(H,24,30)(H,28,29)(H,32,33)(H4,21,23,25,26,31);/q;;+2/p-2/t2*12?,13-;/m00./s1. The third-order valence-corrected chi connectivity index (χ3v) is 10.5. The van der Waals surface area contributed by atoms with E-state index in [1.807, 2.05) is 9.80 Å². The van der Waals surface area contributed by atoms with Gasteiger partial charge in [-0.2, -0.15) is 9.97 Å². The van der Waals surface area contributed by atoms with Crippen molar-refractivity contribution in [3.05, 3.63) is 80.4 Å². The number of anilines is 8. The zero-order chi connectivity index (χ0) is 48.2. The van der Waals surface area contributed by atoms with Gasteiger partial charge in [0.1, 0.15) is 23.5 Å². The Kier molecular flexibility index (Phi) is 18.0. The predicted molar refractivity (Wildman–Crippen MR) is 236 cm³/mol. The molecular formula is C40H48N14O12Zn. The second kappa shape index (κ2) is 23.3. The van der Waals surface area contributed by atoms with Gasteiger partial charge in [0.15, 0.2) is 11.6 Å². The number of aliphatic carboxylic acids is 4. The van der Waals surface area contributed by atoms with Gasteiger partial charge in [-0.05, 0) is 74.2 Å². The summed E-state index contributed by atoms with van der Waals surface area (Å²) in [4.78, 5) is 109. The number of rotatable bonds is 18. The Morgan fingerprint density at radius 3 is 1.33 bits per heavy atom. The molecule has 2 amide bonds. The first-order valence-electron chi connectivity index (χ1n) is 20.2. The molecule has 0 radical (unpaired) electrons. The van der Waals surface area contributed by atoms with Crippen molar-refractivity contribution in [1.29, 1.82) is 0 Å². The number of benzene rings is 2. The average Bonchev–Trinajstić information content (AvgIpc) is 3.25. The van der Waals surface area contributed by atoms with E-state index in [-0.39, 0.29) is 78.5 Å². The number of nitrogens with one attached hydrogen (secondary N) is 8. The average molecular weight is 982 g/mol. The van der Waals surface area contributed by atoms with Crippen LogP contribution >= 0.6 is 0 Å². The number of hydrogen-bond acceptors (Lipinski definition) is 20. The van der Waals surface area contributed by atoms with Gasteiger partial charge < -0.3 is 83.2 Å². The van der Waals surface area contributed by atoms with E-state index in [0.29, 0.717) is 60.6 Å². The van der Waals surface area contributed by atoms with E-state index in [0.717, 1.165) is 0 Å². The summed E-state index contributed by atoms with van der Waals surface area (Å²) in [5.74, 6) is -5.79. The van der Waals surface area contributed by atoms with Crippen LogP contribution in [0, 0.1) is 0 Å². The topological polar surface area (TPSA) is 411 Å². The molecule has 2 unspecified atom stereocenters. The Bertz CT molecular complexity index is 2380. The molecule has 0 saturated carbocycles. The van der Waals surface area contributed by atoms with Crippen LogP contribution in [0.4, 0.5) is 46.3 Å². The van der Waals surface area contributed by atoms with Crippen molar-refractivity contribution in [2.75, 3.05) is 82.8 Å². The van der Waals surface area contributed by atoms with Gasteiger partial charge in [0.05, 0.1) is 12.1 Å². The molecule has 0 aliphatic carbocycles. The van der Waals surface area contributed by atoms with Gasteiger partial charge in [0.2, 0.25) is 11.9 Å². The van der Waals surface area contributed by atoms with Crippen LogP contribution < -0.4 is 74.5 Å². The van der Waals surface area contributed by atoms with Crippen LogP contribution in [0.2, 0.25) is 0 Å². The molecular weight excluding hydrogens is 934 g/mol. The summed E-state index contributed by atoms with van der Waals surface area (Å²) in [6.45, 7) is 2.00. The van der Waals surface area contributed by atoms with Crippen molar-refractivity contribution in [1.82, 2.24) is 30.6 Å². The van der Waals surface area contributed by atoms with Crippen molar-refractivity contribution >= 4 is 82.0 Å². The molecule has 26 nitrogen and oxygen atoms in total. The largest absolute Gasteiger partial charge is 2.00 e. The molecule has 67 heavy (non-hydrogen) atoms. The fraction of sp³-hybridized carbons (Fsp3) is 0.350. The van der Waals surface area contributed by atoms with Crippen LogP contribution in [0.15, 0.2) is 58.1 Å². The minimum absolute atomic E-state index is 0. The molecule has 352 valence electrons. The molecule has 14 N–H and O–H groups in total. The number of nitrogens with two attached hydrogens (primary N) is 2. The molecule has 2 aromatic heterocycles. The molecule has 4 heterocycles. The Morgan fingerprint density at radius 2 is 1.01 bits per heavy atom. The Morgan fingerprint density at radius 1 is 0.672 bits per heavy atom. The summed E-state index contributed by atoms with van der Waals surface area (Å²) >= 11 is 0. The van der Waals surface area contributed by atoms with Crippen LogP contribution in [0.25, 0.3) is 0 Å². The van der Waals surface area contributed by atoms with E-state index in [2.05, 4.69) is 51.8 Å². The maximum absolute atomic E-state index is 12.3. The monoisotopic (exact) mass is 980 g/mol. The van der Waals surface area contributed by atoms with Gasteiger partial charge in [0.25, 0.3) is 22.9 Å². The van der Waals surface area contributed by atoms with Crippen LogP contribution in [-0.4, -0.2) is 130 Å². The van der Waals surface area contributed by atoms with Crippen molar-refractivity contribution in [2.45, 2.75) is 49.9 Å². The Balaban J connectivity index is 0.000000288. The summed E-state index contributed by atoms with van der Waals surface area (Å²) in [6.07, 6.45) is -1.52. The molecule has 0 saturated heterocycles. The van der Waals surface area contributed by atoms with Crippen LogP contribution in [-0.2, 0) is 38.7 Å². The number of carbonyl (C=O) groups is 6. The molecule has 0 bridgehead atoms. The van der Waals surface area contributed by atoms with Crippen LogP contribution in [0.3, 0.4) is 0 Å². The molecule has 2 aliphatic heterocycles. The number of hydrogen-bond donors (Lipinski definition) is 12. The number of carbonyl (C=O) groups excluding carboxylic acids is 4. The van der Waals surface area contributed by atoms with Gasteiger partial charge in [0, 0.05) is 74.7 Å². The van der Waals surface area contributed by atoms with E-state index in [1.54, 1.807) is 38.4 Å². The second-order valence-corrected chi connectivity index (χ2v) is 15.1. The van der Waals surface area contributed by atoms with Gasteiger partial charge in [-0.1, -0.05) is 0 Å². The third-order valence-electron chi connectivity index (χ3n) is 10.5. The fourth-order valence-electron chi connectivity index (χ4n) is 6.83. The minimum Gasteiger partial charge on any atom is -0.550 e. The number of nitrogens with zero attached hydrogens (tertiary/aromatic N) is 4. The molecule has 0 fully saturated rings. The molecule has 4 atom stereocenters. The first-order valence-corrected chi connectivity index (χ1v) is 20.2. The quantitative estimate of drug-likeness (QED) is 0.0437. The summed E-state index contributed by atoms with van der Waals surface area (Å²) < 4.78 is 0. The first-order chi connectivity index (χ1) is 31.3. The minimum atomic E-state index is -1.39. The van der Waals surface area contributed by atoms with Crippen LogP contribution in [0.1, 0.15) is 46.4 Å². The summed E-state index contributed by atoms with van der Waals surface area (Å²) in [5, 5.41) is 56.7. The van der Waals surface area contributed by atoms with Gasteiger partial charge >= 0.3 is 31.4 Å². The molecule has 27 heteroatoms. The molecule has 2 aliphatic rings. The number of carboxylic acid groups (broad SMARTS) is 4. The maximum Gasteiger partial charge on any atom is 2.00 e. The predicted octanol–water partition coefficient (Wildman–Crippen LogP) is -3.19. The van der Waals surface area contributed by atoms with Crippen molar-refractivity contribution < 1.29 is 68.7 Å². The first kappa shape index (κ1) is 51.7. The fourth-order valence-corrected chi connectivity index (χ4v) is 6.83. The van der Waals surface area contributed by atoms with Gasteiger partial charge in [-0.15, -0.1) is 0 Å². The maximum atomic E-state index is 12.3. The molecule has 2 aromatic carbocycles. The van der Waals surface area contributed by atoms with Crippen molar-refractivity contribution in [3.63, 3.8) is 0 Å². The molecule has 0 spiro atoms. The van der Waals surface area contributed by atoms with E-state index in [4.69, 9.17) is 21.7 Å². The smallest absolute Gasteiger partial charge is 0.550 e. The number of aromatic nitrogens is 4. The number of nitrogen functional groups attached to an aromatic ring is 2. The zero-order valence-electron chi connectivity index (χ0n) is 36.2. The van der Waals surface area contributed by atoms with E-state index < -0.39 is 60.6 Å². The third kappa shape index (κ3) is 14.0. The number of fused-ring (bicyclic) bond motifs is 2. The van der Waals surface area contributed by atoms with Crippen molar-refractivity contribution in [3.8, 4) is 0 Å².